The number of hydrogen-bond donors (Lipinski definition) is 0. The van der Waals surface area contributed by atoms with Crippen molar-refractivity contribution >= 4 is 11.7 Å². The first kappa shape index (κ1) is 10.9. The van der Waals surface area contributed by atoms with E-state index >= 15 is 0 Å². The fourth-order valence-electron chi connectivity index (χ4n) is 0.927. The van der Waals surface area contributed by atoms with Gasteiger partial charge in [0.15, 0.2) is 0 Å². The predicted molar refractivity (Wildman–Crippen MR) is 53.1 cm³/mol. The minimum Gasteiger partial charge on any atom is -0.458 e. The molecule has 0 heterocycles. The molecular weight excluding hydrogens is 198 g/mol. The summed E-state index contributed by atoms with van der Waals surface area (Å²) in [7, 11) is 0. The molecular formula is C10H9NO4. The van der Waals surface area contributed by atoms with E-state index in [4.69, 9.17) is 4.74 Å². The van der Waals surface area contributed by atoms with E-state index in [-0.39, 0.29) is 12.3 Å². The molecule has 0 fully saturated rings. The summed E-state index contributed by atoms with van der Waals surface area (Å²) in [5.74, 6) is -0.520. The zero-order valence-corrected chi connectivity index (χ0v) is 7.88. The molecule has 1 rings (SSSR count). The highest BCUT2D eigenvalue weighted by Gasteiger charge is 2.04. The number of nitrogens with zero attached hydrogens (tertiary/aromatic N) is 1. The van der Waals surface area contributed by atoms with Crippen molar-refractivity contribution in [2.75, 3.05) is 0 Å². The zero-order valence-electron chi connectivity index (χ0n) is 7.88. The predicted octanol–water partition coefficient (Wildman–Crippen LogP) is 1.82. The Kier molecular flexibility index (Phi) is 3.56. The third-order valence-corrected chi connectivity index (χ3v) is 1.69. The lowest BCUT2D eigenvalue weighted by Gasteiger charge is -2.01. The van der Waals surface area contributed by atoms with Gasteiger partial charge in [0.1, 0.15) is 6.61 Å². The topological polar surface area (TPSA) is 69.4 Å². The van der Waals surface area contributed by atoms with Crippen LogP contribution in [0.2, 0.25) is 0 Å². The summed E-state index contributed by atoms with van der Waals surface area (Å²) in [5, 5.41) is 10.3. The lowest BCUT2D eigenvalue weighted by molar-refractivity contribution is -0.384. The standard InChI is InChI=1S/C10H9NO4/c1-2-10(12)15-7-8-3-5-9(6-4-8)11(13)14/h2-6H,1,7H2. The van der Waals surface area contributed by atoms with E-state index < -0.39 is 10.9 Å². The van der Waals surface area contributed by atoms with Crippen molar-refractivity contribution in [3.8, 4) is 0 Å². The van der Waals surface area contributed by atoms with Crippen LogP contribution >= 0.6 is 0 Å². The third kappa shape index (κ3) is 3.22. The monoisotopic (exact) mass is 207 g/mol. The second kappa shape index (κ2) is 4.90. The molecule has 0 N–H and O–H groups in total. The molecule has 15 heavy (non-hydrogen) atoms. The number of carbonyl (C=O) groups is 1. The summed E-state index contributed by atoms with van der Waals surface area (Å²) in [4.78, 5) is 20.6. The van der Waals surface area contributed by atoms with Crippen molar-refractivity contribution in [3.05, 3.63) is 52.6 Å². The summed E-state index contributed by atoms with van der Waals surface area (Å²) < 4.78 is 4.75. The Balaban J connectivity index is 2.60. The number of rotatable bonds is 4. The molecule has 0 aromatic heterocycles. The van der Waals surface area contributed by atoms with Crippen molar-refractivity contribution < 1.29 is 14.5 Å². The van der Waals surface area contributed by atoms with Crippen molar-refractivity contribution in [3.63, 3.8) is 0 Å². The molecule has 0 aliphatic rings. The van der Waals surface area contributed by atoms with Crippen LogP contribution in [0.1, 0.15) is 5.56 Å². The molecule has 0 bridgehead atoms. The molecule has 0 aliphatic carbocycles. The molecule has 78 valence electrons. The number of nitro groups is 1. The molecule has 0 atom stereocenters. The summed E-state index contributed by atoms with van der Waals surface area (Å²) in [6, 6.07) is 5.79. The molecule has 0 unspecified atom stereocenters. The van der Waals surface area contributed by atoms with Crippen molar-refractivity contribution in [2.24, 2.45) is 0 Å². The second-order valence-corrected chi connectivity index (χ2v) is 2.74. The maximum absolute atomic E-state index is 10.7. The van der Waals surface area contributed by atoms with Gasteiger partial charge < -0.3 is 4.74 Å². The van der Waals surface area contributed by atoms with Crippen LogP contribution in [0.15, 0.2) is 36.9 Å². The molecule has 5 nitrogen and oxygen atoms in total. The SMILES string of the molecule is C=CC(=O)OCc1ccc([N+](=O)[O-])cc1. The lowest BCUT2D eigenvalue weighted by atomic mass is 10.2. The first-order chi connectivity index (χ1) is 7.13. The highest BCUT2D eigenvalue weighted by Crippen LogP contribution is 2.12. The van der Waals surface area contributed by atoms with Crippen LogP contribution in [0.5, 0.6) is 0 Å². The molecule has 1 aromatic rings. The van der Waals surface area contributed by atoms with Gasteiger partial charge in [-0.3, -0.25) is 10.1 Å². The number of non-ortho nitro benzene ring substituents is 1. The van der Waals surface area contributed by atoms with Crippen LogP contribution < -0.4 is 0 Å². The van der Waals surface area contributed by atoms with Crippen molar-refractivity contribution in [1.29, 1.82) is 0 Å². The highest BCUT2D eigenvalue weighted by atomic mass is 16.6. The number of ether oxygens (including phenoxy) is 1. The second-order valence-electron chi connectivity index (χ2n) is 2.74. The van der Waals surface area contributed by atoms with Crippen LogP contribution in [-0.4, -0.2) is 10.9 Å². The van der Waals surface area contributed by atoms with Gasteiger partial charge in [-0.2, -0.15) is 0 Å². The minimum atomic E-state index is -0.520. The van der Waals surface area contributed by atoms with E-state index in [1.807, 2.05) is 0 Å². The molecule has 1 aromatic carbocycles. The Morgan fingerprint density at radius 2 is 2.07 bits per heavy atom. The normalized spacial score (nSPS) is 9.33. The number of carbonyl (C=O) groups excluding carboxylic acids is 1. The van der Waals surface area contributed by atoms with E-state index in [1.54, 1.807) is 0 Å². The molecule has 0 radical (unpaired) electrons. The highest BCUT2D eigenvalue weighted by molar-refractivity contribution is 5.81. The molecule has 0 aliphatic heterocycles. The quantitative estimate of drug-likeness (QED) is 0.327. The Morgan fingerprint density at radius 3 is 2.53 bits per heavy atom. The van der Waals surface area contributed by atoms with Gasteiger partial charge in [-0.1, -0.05) is 6.58 Å². The van der Waals surface area contributed by atoms with E-state index in [2.05, 4.69) is 6.58 Å². The Hall–Kier alpha value is -2.17. The van der Waals surface area contributed by atoms with Gasteiger partial charge in [-0.15, -0.1) is 0 Å². The summed E-state index contributed by atoms with van der Waals surface area (Å²) in [6.07, 6.45) is 1.06. The fourth-order valence-corrected chi connectivity index (χ4v) is 0.927. The van der Waals surface area contributed by atoms with Gasteiger partial charge in [0.25, 0.3) is 5.69 Å². The van der Waals surface area contributed by atoms with Gasteiger partial charge in [0.05, 0.1) is 4.92 Å². The van der Waals surface area contributed by atoms with Crippen molar-refractivity contribution in [1.82, 2.24) is 0 Å². The van der Waals surface area contributed by atoms with Gasteiger partial charge in [-0.05, 0) is 17.7 Å². The average molecular weight is 207 g/mol. The number of benzene rings is 1. The molecule has 0 spiro atoms. The minimum absolute atomic E-state index is 0.00815. The zero-order chi connectivity index (χ0) is 11.3. The van der Waals surface area contributed by atoms with E-state index in [0.717, 1.165) is 6.08 Å². The molecule has 0 saturated heterocycles. The lowest BCUT2D eigenvalue weighted by Crippen LogP contribution is -2.00. The largest absolute Gasteiger partial charge is 0.458 e. The maximum Gasteiger partial charge on any atom is 0.330 e. The van der Waals surface area contributed by atoms with Gasteiger partial charge >= 0.3 is 5.97 Å². The van der Waals surface area contributed by atoms with Crippen LogP contribution in [0.25, 0.3) is 0 Å². The van der Waals surface area contributed by atoms with Gasteiger partial charge in [0.2, 0.25) is 0 Å². The Morgan fingerprint density at radius 1 is 1.47 bits per heavy atom. The number of esters is 1. The van der Waals surface area contributed by atoms with Crippen LogP contribution in [-0.2, 0) is 16.1 Å². The van der Waals surface area contributed by atoms with Gasteiger partial charge in [0, 0.05) is 18.2 Å². The first-order valence-electron chi connectivity index (χ1n) is 4.16. The van der Waals surface area contributed by atoms with E-state index in [1.165, 1.54) is 24.3 Å². The number of hydrogen-bond acceptors (Lipinski definition) is 4. The summed E-state index contributed by atoms with van der Waals surface area (Å²) in [6.45, 7) is 3.33. The third-order valence-electron chi connectivity index (χ3n) is 1.69. The Labute approximate surface area is 86.1 Å². The van der Waals surface area contributed by atoms with Crippen LogP contribution in [0.4, 0.5) is 5.69 Å². The molecule has 5 heteroatoms. The average Bonchev–Trinajstić information content (AvgIpc) is 2.26. The van der Waals surface area contributed by atoms with Gasteiger partial charge in [-0.25, -0.2) is 4.79 Å². The van der Waals surface area contributed by atoms with Crippen LogP contribution in [0.3, 0.4) is 0 Å². The molecule has 0 saturated carbocycles. The summed E-state index contributed by atoms with van der Waals surface area (Å²) >= 11 is 0. The van der Waals surface area contributed by atoms with E-state index in [9.17, 15) is 14.9 Å². The summed E-state index contributed by atoms with van der Waals surface area (Å²) in [5.41, 5.74) is 0.699. The maximum atomic E-state index is 10.7. The molecule has 0 amide bonds. The first-order valence-corrected chi connectivity index (χ1v) is 4.16. The fraction of sp³-hybridized carbons (Fsp3) is 0.100. The Bertz CT molecular complexity index is 383. The number of nitro benzene ring substituents is 1. The van der Waals surface area contributed by atoms with Crippen LogP contribution in [0, 0.1) is 10.1 Å². The van der Waals surface area contributed by atoms with Crippen molar-refractivity contribution in [2.45, 2.75) is 6.61 Å². The van der Waals surface area contributed by atoms with E-state index in [0.29, 0.717) is 5.56 Å². The smallest absolute Gasteiger partial charge is 0.330 e.